The average molecular weight is 550 g/mol. The third kappa shape index (κ3) is 6.60. The molecule has 2 aromatic heterocycles. The number of primary sulfonamides is 1. The van der Waals surface area contributed by atoms with Crippen LogP contribution in [0, 0.1) is 0 Å². The Hall–Kier alpha value is -3.41. The highest BCUT2D eigenvalue weighted by Gasteiger charge is 2.33. The maximum atomic E-state index is 11.6. The van der Waals surface area contributed by atoms with Crippen molar-refractivity contribution in [3.63, 3.8) is 0 Å². The summed E-state index contributed by atoms with van der Waals surface area (Å²) in [6, 6.07) is 21.6. The molecule has 0 spiro atoms. The summed E-state index contributed by atoms with van der Waals surface area (Å²) in [6.45, 7) is 1.86. The van der Waals surface area contributed by atoms with Crippen LogP contribution < -0.4 is 5.14 Å². The van der Waals surface area contributed by atoms with Gasteiger partial charge in [-0.25, -0.2) is 18.5 Å². The highest BCUT2D eigenvalue weighted by molar-refractivity contribution is 7.89. The quantitative estimate of drug-likeness (QED) is 0.281. The number of nitrogens with two attached hydrogens (primary N) is 1. The van der Waals surface area contributed by atoms with Crippen molar-refractivity contribution in [1.29, 1.82) is 0 Å². The van der Waals surface area contributed by atoms with Crippen LogP contribution >= 0.6 is 0 Å². The van der Waals surface area contributed by atoms with Crippen LogP contribution in [-0.2, 0) is 38.1 Å². The summed E-state index contributed by atoms with van der Waals surface area (Å²) in [6.07, 6.45) is 2.30. The summed E-state index contributed by atoms with van der Waals surface area (Å²) >= 11 is 0. The first-order chi connectivity index (χ1) is 18.8. The highest BCUT2D eigenvalue weighted by atomic mass is 32.2. The van der Waals surface area contributed by atoms with Crippen molar-refractivity contribution in [1.82, 2.24) is 9.97 Å². The number of ether oxygens (including phenoxy) is 2. The zero-order valence-corrected chi connectivity index (χ0v) is 22.3. The predicted molar refractivity (Wildman–Crippen MR) is 145 cm³/mol. The van der Waals surface area contributed by atoms with Crippen molar-refractivity contribution in [3.05, 3.63) is 90.1 Å². The summed E-state index contributed by atoms with van der Waals surface area (Å²) in [4.78, 5) is 9.39. The Morgan fingerprint density at radius 2 is 1.67 bits per heavy atom. The van der Waals surface area contributed by atoms with Crippen LogP contribution in [-0.4, -0.2) is 43.3 Å². The minimum Gasteiger partial charge on any atom is -0.440 e. The Kier molecular flexibility index (Phi) is 8.20. The second kappa shape index (κ2) is 11.8. The van der Waals surface area contributed by atoms with E-state index in [0.29, 0.717) is 80.7 Å². The lowest BCUT2D eigenvalue weighted by atomic mass is 9.90. The van der Waals surface area contributed by atoms with Gasteiger partial charge in [0.1, 0.15) is 11.3 Å². The summed E-state index contributed by atoms with van der Waals surface area (Å²) in [7, 11) is -3.79. The van der Waals surface area contributed by atoms with Crippen molar-refractivity contribution >= 4 is 10.0 Å². The molecule has 0 aliphatic carbocycles. The van der Waals surface area contributed by atoms with Gasteiger partial charge in [-0.2, -0.15) is 0 Å². The molecule has 0 unspecified atom stereocenters. The molecule has 0 radical (unpaired) electrons. The van der Waals surface area contributed by atoms with Crippen LogP contribution in [0.2, 0.25) is 0 Å². The van der Waals surface area contributed by atoms with Gasteiger partial charge in [0.05, 0.1) is 22.9 Å². The van der Waals surface area contributed by atoms with Crippen molar-refractivity contribution in [2.75, 3.05) is 19.8 Å². The van der Waals surface area contributed by atoms with Gasteiger partial charge in [-0.3, -0.25) is 4.98 Å². The molecule has 1 aliphatic rings. The lowest BCUT2D eigenvalue weighted by Gasteiger charge is -2.31. The van der Waals surface area contributed by atoms with Crippen LogP contribution in [0.5, 0.6) is 0 Å². The fraction of sp³-hybridized carbons (Fsp3) is 0.310. The molecule has 2 aromatic carbocycles. The largest absolute Gasteiger partial charge is 0.440 e. The van der Waals surface area contributed by atoms with Gasteiger partial charge in [-0.05, 0) is 42.8 Å². The molecule has 3 N–H and O–H groups in total. The molecule has 0 saturated carbocycles. The Labute approximate surface area is 227 Å². The molecule has 4 aromatic rings. The predicted octanol–water partition coefficient (Wildman–Crippen LogP) is 4.20. The molecule has 9 nitrogen and oxygen atoms in total. The number of hydrogen-bond donors (Lipinski definition) is 2. The lowest BCUT2D eigenvalue weighted by Crippen LogP contribution is -2.34. The Balaban J connectivity index is 1.23. The zero-order chi connectivity index (χ0) is 27.3. The maximum Gasteiger partial charge on any atom is 0.238 e. The third-order valence-corrected chi connectivity index (χ3v) is 7.63. The molecular weight excluding hydrogens is 518 g/mol. The second-order valence-corrected chi connectivity index (χ2v) is 11.1. The summed E-state index contributed by atoms with van der Waals surface area (Å²) in [5.74, 6) is 1.12. The molecule has 5 rings (SSSR count). The molecule has 1 fully saturated rings. The third-order valence-electron chi connectivity index (χ3n) is 6.70. The number of benzene rings is 2. The van der Waals surface area contributed by atoms with Crippen LogP contribution in [0.25, 0.3) is 22.6 Å². The van der Waals surface area contributed by atoms with Crippen molar-refractivity contribution in [2.45, 2.75) is 42.8 Å². The fourth-order valence-electron chi connectivity index (χ4n) is 4.54. The monoisotopic (exact) mass is 549 g/mol. The minimum atomic E-state index is -3.79. The van der Waals surface area contributed by atoms with Gasteiger partial charge in [0, 0.05) is 50.2 Å². The Morgan fingerprint density at radius 3 is 2.38 bits per heavy atom. The number of rotatable bonds is 10. The van der Waals surface area contributed by atoms with Crippen molar-refractivity contribution in [2.24, 2.45) is 5.14 Å². The Bertz CT molecular complexity index is 1500. The van der Waals surface area contributed by atoms with Gasteiger partial charge >= 0.3 is 0 Å². The standard InChI is InChI=1S/C29H31N3O6S/c30-39(34,35)24-13-11-22(12-14-24)28-27(21-6-2-1-3-7-21)32-26(38-28)10-5-17-37-20-23-8-4-9-25(31-23)29(33)15-18-36-19-16-29/h1-4,6-9,11-14,33H,5,10,15-20H2,(H2,30,34,35). The van der Waals surface area contributed by atoms with Crippen molar-refractivity contribution < 1.29 is 27.4 Å². The van der Waals surface area contributed by atoms with E-state index in [4.69, 9.17) is 24.0 Å². The van der Waals surface area contributed by atoms with Crippen LogP contribution in [0.3, 0.4) is 0 Å². The molecular formula is C29H31N3O6S. The zero-order valence-electron chi connectivity index (χ0n) is 21.5. The first-order valence-electron chi connectivity index (χ1n) is 12.8. The average Bonchev–Trinajstić information content (AvgIpc) is 3.38. The number of aryl methyl sites for hydroxylation is 1. The van der Waals surface area contributed by atoms with E-state index in [1.54, 1.807) is 12.1 Å². The molecule has 1 aliphatic heterocycles. The SMILES string of the molecule is NS(=O)(=O)c1ccc(-c2oc(CCCOCc3cccc(C4(O)CCOCC4)n3)nc2-c2ccccc2)cc1. The van der Waals surface area contributed by atoms with Crippen LogP contribution in [0.4, 0.5) is 0 Å². The molecule has 0 bridgehead atoms. The van der Waals surface area contributed by atoms with Gasteiger partial charge in [-0.1, -0.05) is 36.4 Å². The first kappa shape index (κ1) is 27.2. The van der Waals surface area contributed by atoms with E-state index in [9.17, 15) is 13.5 Å². The topological polar surface area (TPSA) is 138 Å². The fourth-order valence-corrected chi connectivity index (χ4v) is 5.06. The molecule has 0 atom stereocenters. The summed E-state index contributed by atoms with van der Waals surface area (Å²) in [5.41, 5.74) is 2.75. The van der Waals surface area contributed by atoms with E-state index in [-0.39, 0.29) is 4.90 Å². The van der Waals surface area contributed by atoms with Gasteiger partial charge < -0.3 is 19.0 Å². The maximum absolute atomic E-state index is 11.6. The number of aliphatic hydroxyl groups is 1. The molecule has 204 valence electrons. The van der Waals surface area contributed by atoms with E-state index >= 15 is 0 Å². The number of hydrogen-bond acceptors (Lipinski definition) is 8. The second-order valence-electron chi connectivity index (χ2n) is 9.54. The van der Waals surface area contributed by atoms with Gasteiger partial charge in [0.15, 0.2) is 11.7 Å². The molecule has 39 heavy (non-hydrogen) atoms. The molecule has 10 heteroatoms. The van der Waals surface area contributed by atoms with E-state index in [1.807, 2.05) is 48.5 Å². The van der Waals surface area contributed by atoms with Gasteiger partial charge in [0.25, 0.3) is 0 Å². The van der Waals surface area contributed by atoms with Crippen LogP contribution in [0.1, 0.15) is 36.5 Å². The minimum absolute atomic E-state index is 0.0336. The number of pyridine rings is 1. The number of nitrogens with zero attached hydrogens (tertiary/aromatic N) is 2. The number of aromatic nitrogens is 2. The van der Waals surface area contributed by atoms with E-state index in [1.165, 1.54) is 12.1 Å². The molecule has 1 saturated heterocycles. The van der Waals surface area contributed by atoms with E-state index in [2.05, 4.69) is 4.98 Å². The summed E-state index contributed by atoms with van der Waals surface area (Å²) in [5, 5.41) is 16.1. The molecule has 3 heterocycles. The van der Waals surface area contributed by atoms with Crippen molar-refractivity contribution in [3.8, 4) is 22.6 Å². The first-order valence-corrected chi connectivity index (χ1v) is 14.4. The summed E-state index contributed by atoms with van der Waals surface area (Å²) < 4.78 is 40.7. The number of sulfonamides is 1. The molecule has 0 amide bonds. The van der Waals surface area contributed by atoms with Crippen LogP contribution in [0.15, 0.2) is 82.1 Å². The van der Waals surface area contributed by atoms with Gasteiger partial charge in [0.2, 0.25) is 10.0 Å². The smallest absolute Gasteiger partial charge is 0.238 e. The number of oxazole rings is 1. The lowest BCUT2D eigenvalue weighted by molar-refractivity contribution is -0.0707. The Morgan fingerprint density at radius 1 is 0.923 bits per heavy atom. The van der Waals surface area contributed by atoms with E-state index < -0.39 is 15.6 Å². The van der Waals surface area contributed by atoms with Gasteiger partial charge in [-0.15, -0.1) is 0 Å². The highest BCUT2D eigenvalue weighted by Crippen LogP contribution is 2.34. The van der Waals surface area contributed by atoms with E-state index in [0.717, 1.165) is 11.3 Å². The normalized spacial score (nSPS) is 15.3.